The highest BCUT2D eigenvalue weighted by Gasteiger charge is 2.60. The lowest BCUT2D eigenvalue weighted by Crippen LogP contribution is -2.60. The Morgan fingerprint density at radius 1 is 1.16 bits per heavy atom. The monoisotopic (exact) mass is 264 g/mol. The molecule has 0 aromatic carbocycles. The predicted octanol–water partition coefficient (Wildman–Crippen LogP) is 2.41. The second-order valence-corrected chi connectivity index (χ2v) is 7.66. The van der Waals surface area contributed by atoms with E-state index < -0.39 is 0 Å². The standard InChI is InChI=1S/C16H28N2O/c1-15(2)12-6-7-13(10-12)16(15,3)17-14(19)11-18-8-4-5-9-18/h12-13H,4-11H2,1-3H3,(H,17,19)/t12-,13-,16+/m0/s1. The van der Waals surface area contributed by atoms with Gasteiger partial charge in [0.2, 0.25) is 5.91 Å². The maximum atomic E-state index is 12.4. The minimum absolute atomic E-state index is 0.00667. The van der Waals surface area contributed by atoms with E-state index in [0.29, 0.717) is 12.5 Å². The summed E-state index contributed by atoms with van der Waals surface area (Å²) in [7, 11) is 0. The first-order valence-corrected chi connectivity index (χ1v) is 7.97. The maximum absolute atomic E-state index is 12.4. The van der Waals surface area contributed by atoms with Gasteiger partial charge in [0.05, 0.1) is 6.54 Å². The molecule has 3 heteroatoms. The van der Waals surface area contributed by atoms with Gasteiger partial charge >= 0.3 is 0 Å². The predicted molar refractivity (Wildman–Crippen MR) is 76.8 cm³/mol. The van der Waals surface area contributed by atoms with E-state index in [4.69, 9.17) is 0 Å². The van der Waals surface area contributed by atoms with Crippen LogP contribution in [0.4, 0.5) is 0 Å². The van der Waals surface area contributed by atoms with Crippen LogP contribution < -0.4 is 5.32 Å². The first kappa shape index (κ1) is 13.4. The second kappa shape index (κ2) is 4.47. The average molecular weight is 264 g/mol. The smallest absolute Gasteiger partial charge is 0.234 e. The third kappa shape index (κ3) is 2.01. The van der Waals surface area contributed by atoms with Crippen molar-refractivity contribution in [3.8, 4) is 0 Å². The Balaban J connectivity index is 1.66. The number of nitrogens with one attached hydrogen (secondary N) is 1. The van der Waals surface area contributed by atoms with Crippen molar-refractivity contribution in [2.45, 2.75) is 58.4 Å². The number of carbonyl (C=O) groups excluding carboxylic acids is 1. The van der Waals surface area contributed by atoms with Gasteiger partial charge in [-0.05, 0) is 69.4 Å². The third-order valence-corrected chi connectivity index (χ3v) is 6.57. The maximum Gasteiger partial charge on any atom is 0.234 e. The molecule has 1 aliphatic heterocycles. The molecule has 0 spiro atoms. The van der Waals surface area contributed by atoms with Gasteiger partial charge < -0.3 is 5.32 Å². The summed E-state index contributed by atoms with van der Waals surface area (Å²) in [5.74, 6) is 1.73. The van der Waals surface area contributed by atoms with Crippen LogP contribution in [-0.2, 0) is 4.79 Å². The van der Waals surface area contributed by atoms with Crippen molar-refractivity contribution < 1.29 is 4.79 Å². The minimum atomic E-state index is 0.00667. The Morgan fingerprint density at radius 3 is 2.37 bits per heavy atom. The van der Waals surface area contributed by atoms with E-state index in [9.17, 15) is 4.79 Å². The first-order valence-electron chi connectivity index (χ1n) is 7.97. The highest BCUT2D eigenvalue weighted by atomic mass is 16.2. The fourth-order valence-electron chi connectivity index (χ4n) is 4.85. The molecule has 1 heterocycles. The molecule has 19 heavy (non-hydrogen) atoms. The van der Waals surface area contributed by atoms with Crippen LogP contribution in [0.1, 0.15) is 52.9 Å². The van der Waals surface area contributed by atoms with Gasteiger partial charge in [-0.15, -0.1) is 0 Å². The number of rotatable bonds is 3. The molecule has 3 atom stereocenters. The molecule has 3 rings (SSSR count). The molecule has 3 nitrogen and oxygen atoms in total. The molecular weight excluding hydrogens is 236 g/mol. The van der Waals surface area contributed by atoms with Crippen molar-refractivity contribution >= 4 is 5.91 Å². The topological polar surface area (TPSA) is 32.3 Å². The molecule has 3 fully saturated rings. The van der Waals surface area contributed by atoms with E-state index in [1.54, 1.807) is 0 Å². The van der Waals surface area contributed by atoms with Crippen LogP contribution in [-0.4, -0.2) is 36.0 Å². The lowest BCUT2D eigenvalue weighted by atomic mass is 9.64. The summed E-state index contributed by atoms with van der Waals surface area (Å²) in [6.45, 7) is 9.79. The molecule has 2 saturated carbocycles. The van der Waals surface area contributed by atoms with Crippen molar-refractivity contribution in [3.05, 3.63) is 0 Å². The van der Waals surface area contributed by atoms with Crippen LogP contribution in [0, 0.1) is 17.3 Å². The summed E-state index contributed by atoms with van der Waals surface area (Å²) in [6, 6.07) is 0. The van der Waals surface area contributed by atoms with E-state index in [1.165, 1.54) is 32.1 Å². The summed E-state index contributed by atoms with van der Waals surface area (Å²) in [6.07, 6.45) is 6.47. The summed E-state index contributed by atoms with van der Waals surface area (Å²) >= 11 is 0. The molecule has 0 aromatic heterocycles. The number of nitrogens with zero attached hydrogens (tertiary/aromatic N) is 1. The van der Waals surface area contributed by atoms with E-state index in [1.807, 2.05) is 0 Å². The quantitative estimate of drug-likeness (QED) is 0.849. The van der Waals surface area contributed by atoms with E-state index >= 15 is 0 Å². The van der Waals surface area contributed by atoms with Crippen molar-refractivity contribution in [1.82, 2.24) is 10.2 Å². The Hall–Kier alpha value is -0.570. The van der Waals surface area contributed by atoms with Crippen molar-refractivity contribution in [2.75, 3.05) is 19.6 Å². The number of likely N-dealkylation sites (tertiary alicyclic amines) is 1. The van der Waals surface area contributed by atoms with Crippen LogP contribution >= 0.6 is 0 Å². The van der Waals surface area contributed by atoms with Gasteiger partial charge in [-0.25, -0.2) is 0 Å². The third-order valence-electron chi connectivity index (χ3n) is 6.57. The molecule has 0 radical (unpaired) electrons. The average Bonchev–Trinajstić information content (AvgIpc) is 2.99. The van der Waals surface area contributed by atoms with Gasteiger partial charge in [0, 0.05) is 5.54 Å². The second-order valence-electron chi connectivity index (χ2n) is 7.66. The van der Waals surface area contributed by atoms with E-state index in [0.717, 1.165) is 19.0 Å². The molecule has 1 saturated heterocycles. The molecule has 1 amide bonds. The molecule has 3 aliphatic rings. The minimum Gasteiger partial charge on any atom is -0.349 e. The zero-order valence-electron chi connectivity index (χ0n) is 12.7. The number of amides is 1. The molecular formula is C16H28N2O. The van der Waals surface area contributed by atoms with Crippen molar-refractivity contribution in [3.63, 3.8) is 0 Å². The van der Waals surface area contributed by atoms with Crippen LogP contribution in [0.5, 0.6) is 0 Å². The highest BCUT2D eigenvalue weighted by molar-refractivity contribution is 5.79. The number of hydrogen-bond acceptors (Lipinski definition) is 2. The van der Waals surface area contributed by atoms with E-state index in [-0.39, 0.29) is 16.9 Å². The molecule has 0 aromatic rings. The van der Waals surface area contributed by atoms with Crippen LogP contribution in [0.25, 0.3) is 0 Å². The fraction of sp³-hybridized carbons (Fsp3) is 0.938. The van der Waals surface area contributed by atoms with Crippen molar-refractivity contribution in [1.29, 1.82) is 0 Å². The van der Waals surface area contributed by atoms with Gasteiger partial charge in [0.1, 0.15) is 0 Å². The Morgan fingerprint density at radius 2 is 1.79 bits per heavy atom. The lowest BCUT2D eigenvalue weighted by molar-refractivity contribution is -0.126. The highest BCUT2D eigenvalue weighted by Crippen LogP contribution is 2.61. The van der Waals surface area contributed by atoms with Crippen LogP contribution in [0.15, 0.2) is 0 Å². The first-order chi connectivity index (χ1) is 8.93. The number of carbonyl (C=O) groups is 1. The van der Waals surface area contributed by atoms with Gasteiger partial charge in [-0.3, -0.25) is 9.69 Å². The Kier molecular flexibility index (Phi) is 3.16. The van der Waals surface area contributed by atoms with Gasteiger partial charge in [-0.1, -0.05) is 13.8 Å². The van der Waals surface area contributed by atoms with Gasteiger partial charge in [0.25, 0.3) is 0 Å². The summed E-state index contributed by atoms with van der Waals surface area (Å²) < 4.78 is 0. The molecule has 2 bridgehead atoms. The summed E-state index contributed by atoms with van der Waals surface area (Å²) in [4.78, 5) is 14.7. The molecule has 1 N–H and O–H groups in total. The molecule has 0 unspecified atom stereocenters. The zero-order chi connectivity index (χ0) is 13.7. The normalized spacial score (nSPS) is 40.8. The molecule has 2 aliphatic carbocycles. The summed E-state index contributed by atoms with van der Waals surface area (Å²) in [5, 5.41) is 3.42. The van der Waals surface area contributed by atoms with Crippen LogP contribution in [0.3, 0.4) is 0 Å². The Labute approximate surface area is 117 Å². The SMILES string of the molecule is CC1(C)[C@H]2CC[C@@H](C2)[C@@]1(C)NC(=O)CN1CCCC1. The van der Waals surface area contributed by atoms with Crippen molar-refractivity contribution in [2.24, 2.45) is 17.3 Å². The number of hydrogen-bond donors (Lipinski definition) is 1. The fourth-order valence-corrected chi connectivity index (χ4v) is 4.85. The lowest BCUT2D eigenvalue weighted by Gasteiger charge is -2.48. The summed E-state index contributed by atoms with van der Waals surface area (Å²) in [5.41, 5.74) is 0.253. The zero-order valence-corrected chi connectivity index (χ0v) is 12.7. The van der Waals surface area contributed by atoms with Crippen LogP contribution in [0.2, 0.25) is 0 Å². The van der Waals surface area contributed by atoms with E-state index in [2.05, 4.69) is 31.0 Å². The number of fused-ring (bicyclic) bond motifs is 2. The largest absolute Gasteiger partial charge is 0.349 e. The van der Waals surface area contributed by atoms with Gasteiger partial charge in [0.15, 0.2) is 0 Å². The molecule has 108 valence electrons. The Bertz CT molecular complexity index is 373. The van der Waals surface area contributed by atoms with Gasteiger partial charge in [-0.2, -0.15) is 0 Å².